The Labute approximate surface area is 267 Å². The van der Waals surface area contributed by atoms with Gasteiger partial charge < -0.3 is 5.32 Å². The molecule has 2 heterocycles. The molecule has 0 fully saturated rings. The molecule has 0 saturated heterocycles. The number of nitrogens with zero attached hydrogens (tertiary/aromatic N) is 2. The van der Waals surface area contributed by atoms with E-state index in [4.69, 9.17) is 9.98 Å². The van der Waals surface area contributed by atoms with E-state index in [1.165, 1.54) is 33.0 Å². The maximum Gasteiger partial charge on any atom is 0.134 e. The van der Waals surface area contributed by atoms with Crippen molar-refractivity contribution in [2.75, 3.05) is 0 Å². The molecule has 0 saturated carbocycles. The Morgan fingerprint density at radius 3 is 2.15 bits per heavy atom. The van der Waals surface area contributed by atoms with Crippen LogP contribution in [0.1, 0.15) is 11.1 Å². The van der Waals surface area contributed by atoms with Crippen LogP contribution in [0.25, 0.3) is 60.5 Å². The predicted molar refractivity (Wildman–Crippen MR) is 193 cm³/mol. The van der Waals surface area contributed by atoms with Gasteiger partial charge in [0, 0.05) is 38.4 Å². The zero-order chi connectivity index (χ0) is 30.5. The van der Waals surface area contributed by atoms with Crippen molar-refractivity contribution in [1.29, 1.82) is 0 Å². The first kappa shape index (κ1) is 26.4. The Balaban J connectivity index is 1.16. The van der Waals surface area contributed by atoms with Gasteiger partial charge in [-0.15, -0.1) is 0 Å². The van der Waals surface area contributed by atoms with E-state index in [-0.39, 0.29) is 6.04 Å². The van der Waals surface area contributed by atoms with E-state index < -0.39 is 0 Å². The maximum atomic E-state index is 5.27. The first-order valence-electron chi connectivity index (χ1n) is 15.7. The fourth-order valence-electron chi connectivity index (χ4n) is 6.84. The molecule has 0 spiro atoms. The van der Waals surface area contributed by atoms with Crippen molar-refractivity contribution in [2.24, 2.45) is 4.99 Å². The van der Waals surface area contributed by atoms with Crippen LogP contribution >= 0.6 is 0 Å². The summed E-state index contributed by atoms with van der Waals surface area (Å²) >= 11 is 0. The normalized spacial score (nSPS) is 15.7. The highest BCUT2D eigenvalue weighted by molar-refractivity contribution is 6.17. The Kier molecular flexibility index (Phi) is 6.20. The minimum Gasteiger partial charge on any atom is -0.359 e. The molecule has 1 aliphatic heterocycles. The summed E-state index contributed by atoms with van der Waals surface area (Å²) in [4.78, 5) is 10.4. The number of amidine groups is 1. The number of hydrogen-bond acceptors (Lipinski definition) is 3. The molecule has 46 heavy (non-hydrogen) atoms. The first-order chi connectivity index (χ1) is 22.8. The van der Waals surface area contributed by atoms with Crippen LogP contribution in [0.15, 0.2) is 174 Å². The molecule has 7 aromatic rings. The van der Waals surface area contributed by atoms with E-state index in [1.807, 2.05) is 0 Å². The zero-order valence-corrected chi connectivity index (χ0v) is 25.1. The molecular weight excluding hydrogens is 558 g/mol. The average molecular weight is 588 g/mol. The second-order valence-corrected chi connectivity index (χ2v) is 11.8. The van der Waals surface area contributed by atoms with Gasteiger partial charge in [0.15, 0.2) is 0 Å². The molecule has 1 aromatic heterocycles. The van der Waals surface area contributed by atoms with Gasteiger partial charge in [-0.05, 0) is 34.2 Å². The average Bonchev–Trinajstić information content (AvgIpc) is 3.14. The van der Waals surface area contributed by atoms with Crippen molar-refractivity contribution < 1.29 is 0 Å². The minimum atomic E-state index is 0.0499. The van der Waals surface area contributed by atoms with Crippen LogP contribution in [0.3, 0.4) is 0 Å². The van der Waals surface area contributed by atoms with Crippen molar-refractivity contribution in [3.05, 3.63) is 181 Å². The summed E-state index contributed by atoms with van der Waals surface area (Å²) in [6.45, 7) is 0. The molecular formula is C43H29N3. The highest BCUT2D eigenvalue weighted by Crippen LogP contribution is 2.38. The SMILES string of the molecule is C1=CC2=C(c3cccc(-c4ccccc4)c3)N=C(c3ccc(-c4c5ccccc5nc5c4ccc4ccccc45)cc3)NC2C=C1. The Hall–Kier alpha value is -6.06. The van der Waals surface area contributed by atoms with Gasteiger partial charge in [-0.1, -0.05) is 152 Å². The van der Waals surface area contributed by atoms with Gasteiger partial charge in [-0.3, -0.25) is 0 Å². The quantitative estimate of drug-likeness (QED) is 0.164. The largest absolute Gasteiger partial charge is 0.359 e. The zero-order valence-electron chi connectivity index (χ0n) is 25.1. The third kappa shape index (κ3) is 4.44. The van der Waals surface area contributed by atoms with E-state index in [0.29, 0.717) is 0 Å². The van der Waals surface area contributed by atoms with Crippen molar-refractivity contribution >= 4 is 44.1 Å². The molecule has 3 heteroatoms. The molecule has 0 bridgehead atoms. The molecule has 216 valence electrons. The van der Waals surface area contributed by atoms with Crippen LogP contribution in [0.4, 0.5) is 0 Å². The molecule has 1 N–H and O–H groups in total. The summed E-state index contributed by atoms with van der Waals surface area (Å²) in [6.07, 6.45) is 8.58. The number of aromatic nitrogens is 1. The van der Waals surface area contributed by atoms with Crippen LogP contribution in [0, 0.1) is 0 Å². The number of aliphatic imine (C=N–C) groups is 1. The van der Waals surface area contributed by atoms with E-state index in [9.17, 15) is 0 Å². The van der Waals surface area contributed by atoms with Crippen molar-refractivity contribution in [2.45, 2.75) is 6.04 Å². The molecule has 0 amide bonds. The lowest BCUT2D eigenvalue weighted by atomic mass is 9.92. The van der Waals surface area contributed by atoms with Crippen LogP contribution in [-0.2, 0) is 0 Å². The second kappa shape index (κ2) is 10.8. The van der Waals surface area contributed by atoms with Crippen LogP contribution < -0.4 is 5.32 Å². The Bertz CT molecular complexity index is 2430. The highest BCUT2D eigenvalue weighted by atomic mass is 15.1. The van der Waals surface area contributed by atoms with Gasteiger partial charge in [0.1, 0.15) is 5.84 Å². The molecule has 0 radical (unpaired) electrons. The first-order valence-corrected chi connectivity index (χ1v) is 15.7. The highest BCUT2D eigenvalue weighted by Gasteiger charge is 2.24. The van der Waals surface area contributed by atoms with Crippen LogP contribution in [0.2, 0.25) is 0 Å². The standard InChI is InChI=1S/C43H29N3/c1-2-11-28(12-3-1)32-14-10-15-33(27-32)41-36-18-7-9-20-39(36)45-43(46-41)31-23-21-30(22-24-31)40-35-17-6-8-19-38(35)44-42-34-16-5-4-13-29(34)25-26-37(40)42/h1-27,39H,(H,45,46). The second-order valence-electron chi connectivity index (χ2n) is 11.8. The van der Waals surface area contributed by atoms with Gasteiger partial charge in [-0.25, -0.2) is 9.98 Å². The van der Waals surface area contributed by atoms with Gasteiger partial charge in [-0.2, -0.15) is 0 Å². The number of allylic oxidation sites excluding steroid dienone is 2. The van der Waals surface area contributed by atoms with E-state index in [1.54, 1.807) is 0 Å². The van der Waals surface area contributed by atoms with Gasteiger partial charge in [0.05, 0.1) is 22.8 Å². The monoisotopic (exact) mass is 587 g/mol. The topological polar surface area (TPSA) is 37.3 Å². The lowest BCUT2D eigenvalue weighted by molar-refractivity contribution is 0.830. The van der Waals surface area contributed by atoms with Crippen molar-refractivity contribution in [3.8, 4) is 22.3 Å². The molecule has 6 aromatic carbocycles. The number of rotatable bonds is 4. The molecule has 1 aliphatic carbocycles. The molecule has 1 unspecified atom stereocenters. The third-order valence-corrected chi connectivity index (χ3v) is 9.08. The summed E-state index contributed by atoms with van der Waals surface area (Å²) in [7, 11) is 0. The summed E-state index contributed by atoms with van der Waals surface area (Å²) in [5, 5.41) is 8.38. The number of fused-ring (bicyclic) bond motifs is 5. The van der Waals surface area contributed by atoms with E-state index in [0.717, 1.165) is 50.0 Å². The van der Waals surface area contributed by atoms with Crippen LogP contribution in [0.5, 0.6) is 0 Å². The number of hydrogen-bond donors (Lipinski definition) is 1. The van der Waals surface area contributed by atoms with Crippen molar-refractivity contribution in [3.63, 3.8) is 0 Å². The molecule has 9 rings (SSSR count). The molecule has 3 nitrogen and oxygen atoms in total. The Morgan fingerprint density at radius 1 is 0.522 bits per heavy atom. The van der Waals surface area contributed by atoms with Crippen molar-refractivity contribution in [1.82, 2.24) is 10.3 Å². The lowest BCUT2D eigenvalue weighted by Crippen LogP contribution is -2.39. The summed E-state index contributed by atoms with van der Waals surface area (Å²) in [6, 6.07) is 49.5. The Morgan fingerprint density at radius 2 is 1.26 bits per heavy atom. The third-order valence-electron chi connectivity index (χ3n) is 9.08. The summed E-state index contributed by atoms with van der Waals surface area (Å²) in [5.74, 6) is 0.871. The maximum absolute atomic E-state index is 5.27. The number of nitrogens with one attached hydrogen (secondary N) is 1. The smallest absolute Gasteiger partial charge is 0.134 e. The van der Waals surface area contributed by atoms with Gasteiger partial charge in [0.2, 0.25) is 0 Å². The summed E-state index contributed by atoms with van der Waals surface area (Å²) in [5.41, 5.74) is 11.1. The predicted octanol–water partition coefficient (Wildman–Crippen LogP) is 10.1. The fourth-order valence-corrected chi connectivity index (χ4v) is 6.84. The minimum absolute atomic E-state index is 0.0499. The van der Waals surface area contributed by atoms with Gasteiger partial charge >= 0.3 is 0 Å². The fraction of sp³-hybridized carbons (Fsp3) is 0.0233. The summed E-state index contributed by atoms with van der Waals surface area (Å²) < 4.78 is 0. The van der Waals surface area contributed by atoms with E-state index in [2.05, 4.69) is 169 Å². The number of benzene rings is 6. The molecule has 1 atom stereocenters. The van der Waals surface area contributed by atoms with Gasteiger partial charge in [0.25, 0.3) is 0 Å². The number of para-hydroxylation sites is 1. The molecule has 2 aliphatic rings. The van der Waals surface area contributed by atoms with Crippen LogP contribution in [-0.4, -0.2) is 16.9 Å². The van der Waals surface area contributed by atoms with E-state index >= 15 is 0 Å². The number of pyridine rings is 1. The lowest BCUT2D eigenvalue weighted by Gasteiger charge is -2.28.